The van der Waals surface area contributed by atoms with Crippen molar-refractivity contribution in [3.8, 4) is 90.1 Å². The number of fused-ring (bicyclic) bond motifs is 12. The Hall–Kier alpha value is -11.8. The Labute approximate surface area is 950 Å². The Morgan fingerprint density at radius 3 is 0.980 bits per heavy atom. The molecule has 8 nitrogen and oxygen atoms in total. The predicted octanol–water partition coefficient (Wildman–Crippen LogP) is 33.3. The Morgan fingerprint density at radius 2 is 0.561 bits per heavy atom. The number of aromatic nitrogens is 8. The molecule has 0 amide bonds. The summed E-state index contributed by atoms with van der Waals surface area (Å²) in [5.74, 6) is 0. The van der Waals surface area contributed by atoms with E-state index in [0.29, 0.717) is 11.3 Å². The first-order valence-corrected chi connectivity index (χ1v) is 65.4. The molecule has 0 saturated heterocycles. The van der Waals surface area contributed by atoms with Gasteiger partial charge in [-0.1, -0.05) is 266 Å². The van der Waals surface area contributed by atoms with Crippen LogP contribution in [0.2, 0.25) is 78.6 Å². The molecule has 20 heteroatoms. The van der Waals surface area contributed by atoms with Gasteiger partial charge in [0.2, 0.25) is 0 Å². The number of benzene rings is 12. The number of aryl methyl sites for hydroxylation is 4. The summed E-state index contributed by atoms with van der Waals surface area (Å²) >= 11 is 7.48. The van der Waals surface area contributed by atoms with Crippen molar-refractivity contribution in [2.24, 2.45) is 0 Å². The molecule has 12 aromatic heterocycles. The summed E-state index contributed by atoms with van der Waals surface area (Å²) in [6, 6.07) is 141. The monoisotopic (exact) mass is 2780 g/mol. The van der Waals surface area contributed by atoms with Crippen molar-refractivity contribution in [2.45, 2.75) is 106 Å². The molecule has 12 aromatic carbocycles. The van der Waals surface area contributed by atoms with E-state index >= 15 is 0 Å². The van der Waals surface area contributed by atoms with Crippen molar-refractivity contribution in [2.75, 3.05) is 0 Å². The second-order valence-electron chi connectivity index (χ2n) is 39.1. The van der Waals surface area contributed by atoms with Crippen molar-refractivity contribution >= 4 is 179 Å². The van der Waals surface area contributed by atoms with Crippen LogP contribution in [-0.2, 0) is 80.4 Å². The van der Waals surface area contributed by atoms with Crippen molar-refractivity contribution in [3.63, 3.8) is 0 Å². The van der Waals surface area contributed by atoms with Gasteiger partial charge in [0.15, 0.2) is 0 Å². The van der Waals surface area contributed by atoms with E-state index in [0.717, 1.165) is 84.4 Å². The van der Waals surface area contributed by atoms with Crippen LogP contribution in [0.1, 0.15) is 26.4 Å². The molecule has 0 unspecified atom stereocenters. The standard InChI is InChI=1S/4C20H18NSSi.4C12H10N.4Ir/c1-23(2,3)18-12-7-9-15-14-8-6-10-16(19(14)22-20(15)18)17-11-4-5-13-21-17;1-23(2,3)18-12-7-11-17-19(18)15-9-6-8-14(20(15)22-17)16-10-4-5-13-21-16;1-23(2,3)14-10-11-19-17(13-14)15-7-6-8-16(20(15)22-19)18-9-4-5-12-21-18;1-23(2,3)18-12-11-14(16-9-6-7-13-21-16)20-19(18)15-8-4-5-10-17(15)22-20;4*1-10-7-8-13-12(9-10)11-5-3-2-4-6-11;;;;/h4-9,11-13H,1-3H3;2*4-7,9-13H,1-3H3;4-10,12-13H,1-3H3;4*2-5,7-9H,1H3;;;;/q8*-1;;;;/i;;;;1D3;;;;;;;. The van der Waals surface area contributed by atoms with E-state index in [9.17, 15) is 0 Å². The molecule has 24 rings (SSSR count). The van der Waals surface area contributed by atoms with Gasteiger partial charge >= 0.3 is 0 Å². The minimum absolute atomic E-state index is 0. The molecule has 0 spiro atoms. The summed E-state index contributed by atoms with van der Waals surface area (Å²) in [6.45, 7) is 33.0. The van der Waals surface area contributed by atoms with Crippen LogP contribution in [0.25, 0.3) is 171 Å². The smallest absolute Gasteiger partial charge is 0.0794 e. The van der Waals surface area contributed by atoms with Crippen molar-refractivity contribution in [1.82, 2.24) is 39.9 Å². The average Bonchev–Trinajstić information content (AvgIpc) is 1.60. The quantitative estimate of drug-likeness (QED) is 0.0880. The van der Waals surface area contributed by atoms with Crippen LogP contribution in [0.3, 0.4) is 0 Å². The Morgan fingerprint density at radius 1 is 0.223 bits per heavy atom. The zero-order valence-corrected chi connectivity index (χ0v) is 102. The first kappa shape index (κ1) is 109. The van der Waals surface area contributed by atoms with Gasteiger partial charge in [0.05, 0.1) is 24.2 Å². The van der Waals surface area contributed by atoms with Crippen LogP contribution in [0, 0.1) is 76.2 Å². The van der Waals surface area contributed by atoms with Crippen molar-refractivity contribution in [1.29, 1.82) is 0 Å². The molecular formula is C128H112Ir4N8S4Si4-8. The largest absolute Gasteiger partial charge is 0.305 e. The zero-order chi connectivity index (χ0) is 103. The fourth-order valence-corrected chi connectivity index (χ4v) is 28.8. The SMILES string of the molecule is C[Si](C)(C)c1c[c-]c(-c2ccccn2)c2sc3ccccc3c12.C[Si](C)(C)c1ccc2sc3c(-c4ccccn4)[c-]ccc3c2c1.C[Si](C)(C)c1cccc2c1sc1c(-c3ccccn3)[c-]ccc12.C[Si](C)(C)c1cccc2sc3c(-c4ccccn4)[c-]ccc3c12.Cc1ccnc(-c2[c-]cccc2)c1.Cc1ccnc(-c2[c-]cccc2)c1.Cc1ccnc(-c2[c-]cccc2)c1.[2H]C([2H])([2H])c1ccnc(-c2[c-]cccc2)c1.[Ir].[Ir].[Ir].[Ir]. The molecule has 148 heavy (non-hydrogen) atoms. The zero-order valence-electron chi connectivity index (χ0n) is 88.0. The average molecular weight is 2770 g/mol. The molecule has 4 radical (unpaired) electrons. The third kappa shape index (κ3) is 28.1. The molecular weight excluding hydrogens is 2660 g/mol. The minimum Gasteiger partial charge on any atom is -0.305 e. The number of nitrogens with zero attached hydrogens (tertiary/aromatic N) is 8. The van der Waals surface area contributed by atoms with E-state index in [-0.39, 0.29) is 80.4 Å². The van der Waals surface area contributed by atoms with E-state index in [1.807, 2.05) is 265 Å². The van der Waals surface area contributed by atoms with Gasteiger partial charge in [-0.05, 0) is 185 Å². The van der Waals surface area contributed by atoms with Gasteiger partial charge in [-0.15, -0.1) is 238 Å². The summed E-state index contributed by atoms with van der Waals surface area (Å²) < 4.78 is 32.7. The number of rotatable bonds is 12. The maximum Gasteiger partial charge on any atom is 0.0794 e. The van der Waals surface area contributed by atoms with Crippen LogP contribution in [0.4, 0.5) is 0 Å². The number of thiophene rings is 4. The number of hydrogen-bond donors (Lipinski definition) is 0. The van der Waals surface area contributed by atoms with Crippen LogP contribution >= 0.6 is 45.3 Å². The third-order valence-electron chi connectivity index (χ3n) is 24.2. The normalized spacial score (nSPS) is 11.4. The van der Waals surface area contributed by atoms with E-state index in [1.54, 1.807) is 22.5 Å². The summed E-state index contributed by atoms with van der Waals surface area (Å²) in [4.78, 5) is 35.1. The molecule has 748 valence electrons. The van der Waals surface area contributed by atoms with Crippen LogP contribution in [-0.4, -0.2) is 72.2 Å². The van der Waals surface area contributed by atoms with E-state index in [2.05, 4.69) is 333 Å². The molecule has 0 aliphatic rings. The first-order valence-electron chi connectivity index (χ1n) is 49.6. The van der Waals surface area contributed by atoms with E-state index < -0.39 is 39.1 Å². The second kappa shape index (κ2) is 52.1. The van der Waals surface area contributed by atoms with Crippen molar-refractivity contribution < 1.29 is 84.5 Å². The fraction of sp³-hybridized carbons (Fsp3) is 0.125. The molecule has 0 atom stereocenters. The molecule has 0 N–H and O–H groups in total. The van der Waals surface area contributed by atoms with Gasteiger partial charge in [0, 0.05) is 161 Å². The summed E-state index contributed by atoms with van der Waals surface area (Å²) in [6.07, 6.45) is 14.4. The summed E-state index contributed by atoms with van der Waals surface area (Å²) in [5.41, 5.74) is 20.0. The Bertz CT molecular complexity index is 8360. The maximum atomic E-state index is 7.33. The Kier molecular flexibility index (Phi) is 38.3. The summed E-state index contributed by atoms with van der Waals surface area (Å²) in [5, 5.41) is 17.1. The minimum atomic E-state index is -2.09. The van der Waals surface area contributed by atoms with Gasteiger partial charge < -0.3 is 39.9 Å². The fourth-order valence-electron chi connectivity index (χ4n) is 17.0. The van der Waals surface area contributed by atoms with E-state index in [4.69, 9.17) is 4.11 Å². The number of pyridine rings is 8. The third-order valence-corrected chi connectivity index (χ3v) is 37.4. The molecule has 12 heterocycles. The van der Waals surface area contributed by atoms with Gasteiger partial charge in [0.1, 0.15) is 0 Å². The molecule has 0 bridgehead atoms. The van der Waals surface area contributed by atoms with E-state index in [1.165, 1.54) is 120 Å². The van der Waals surface area contributed by atoms with Gasteiger partial charge in [0.25, 0.3) is 0 Å². The van der Waals surface area contributed by atoms with Gasteiger partial charge in [-0.2, -0.15) is 45.3 Å². The number of hydrogen-bond acceptors (Lipinski definition) is 12. The van der Waals surface area contributed by atoms with Crippen LogP contribution in [0.15, 0.2) is 389 Å². The molecule has 0 aliphatic carbocycles. The predicted molar refractivity (Wildman–Crippen MR) is 630 cm³/mol. The Balaban J connectivity index is 0.000000145. The van der Waals surface area contributed by atoms with Gasteiger partial charge in [-0.3, -0.25) is 0 Å². The summed E-state index contributed by atoms with van der Waals surface area (Å²) in [7, 11) is -5.52. The topological polar surface area (TPSA) is 103 Å². The van der Waals surface area contributed by atoms with Gasteiger partial charge in [-0.25, -0.2) is 0 Å². The molecule has 0 saturated carbocycles. The molecule has 24 aromatic rings. The maximum absolute atomic E-state index is 7.33. The van der Waals surface area contributed by atoms with Crippen LogP contribution in [0.5, 0.6) is 0 Å². The molecule has 0 fully saturated rings. The molecule has 0 aliphatic heterocycles. The van der Waals surface area contributed by atoms with Crippen LogP contribution < -0.4 is 20.7 Å². The second-order valence-corrected chi connectivity index (χ2v) is 63.5. The van der Waals surface area contributed by atoms with Crippen molar-refractivity contribution in [3.05, 3.63) is 460 Å². The first-order chi connectivity index (χ1) is 70.9.